The van der Waals surface area contributed by atoms with E-state index in [1.54, 1.807) is 0 Å². The third-order valence-electron chi connectivity index (χ3n) is 2.50. The lowest BCUT2D eigenvalue weighted by atomic mass is 10.2. The molecule has 0 saturated carbocycles. The Bertz CT molecular complexity index is 445. The van der Waals surface area contributed by atoms with Crippen LogP contribution in [0.5, 0.6) is 0 Å². The summed E-state index contributed by atoms with van der Waals surface area (Å²) in [5.41, 5.74) is -0.887. The number of nitrogens with one attached hydrogen (secondary N) is 2. The number of alkyl halides is 4. The van der Waals surface area contributed by atoms with Crippen LogP contribution in [0.25, 0.3) is 0 Å². The van der Waals surface area contributed by atoms with E-state index in [1.807, 2.05) is 0 Å². The largest absolute Gasteiger partial charge is 0.452 e. The van der Waals surface area contributed by atoms with Crippen molar-refractivity contribution in [3.63, 3.8) is 0 Å². The lowest BCUT2D eigenvalue weighted by Crippen LogP contribution is -2.41. The molecule has 0 radical (unpaired) electrons. The zero-order chi connectivity index (χ0) is 13.3. The molecule has 1 aromatic rings. The number of rotatable bonds is 2. The number of hydrogen-bond acceptors (Lipinski definition) is 4. The fraction of sp³-hybridized carbons (Fsp3) is 0.556. The average Bonchev–Trinajstić information content (AvgIpc) is 2.86. The third kappa shape index (κ3) is 2.45. The molecule has 1 aromatic heterocycles. The van der Waals surface area contributed by atoms with Crippen molar-refractivity contribution in [1.82, 2.24) is 15.6 Å². The predicted octanol–water partition coefficient (Wildman–Crippen LogP) is 0.733. The Morgan fingerprint density at radius 1 is 1.50 bits per heavy atom. The molecule has 2 rings (SSSR count). The number of oxazole rings is 1. The predicted molar refractivity (Wildman–Crippen MR) is 50.5 cm³/mol. The lowest BCUT2D eigenvalue weighted by molar-refractivity contribution is -0.153. The Kier molecular flexibility index (Phi) is 3.24. The average molecular weight is 267 g/mol. The summed E-state index contributed by atoms with van der Waals surface area (Å²) in [7, 11) is 0. The topological polar surface area (TPSA) is 67.2 Å². The fourth-order valence-corrected chi connectivity index (χ4v) is 1.63. The molecule has 2 atom stereocenters. The van der Waals surface area contributed by atoms with Crippen molar-refractivity contribution < 1.29 is 26.8 Å². The molecule has 0 spiro atoms. The van der Waals surface area contributed by atoms with Gasteiger partial charge in [-0.05, 0) is 0 Å². The van der Waals surface area contributed by atoms with Gasteiger partial charge in [0.25, 0.3) is 5.91 Å². The molecule has 1 amide bonds. The zero-order valence-corrected chi connectivity index (χ0v) is 8.92. The highest BCUT2D eigenvalue weighted by molar-refractivity contribution is 5.93. The van der Waals surface area contributed by atoms with Gasteiger partial charge in [0.05, 0.1) is 6.04 Å². The standard InChI is InChI=1S/C9H9F4N3O2/c10-4-1-14-2-5(4)16-8(17)6-7(9(11,12)13)18-3-15-6/h3-5,14H,1-2H2,(H,16,17)/t4-,5+/m0/s1. The van der Waals surface area contributed by atoms with Gasteiger partial charge in [-0.2, -0.15) is 13.2 Å². The molecule has 9 heteroatoms. The lowest BCUT2D eigenvalue weighted by Gasteiger charge is -2.13. The Morgan fingerprint density at radius 3 is 2.78 bits per heavy atom. The second-order valence-corrected chi connectivity index (χ2v) is 3.78. The van der Waals surface area contributed by atoms with E-state index in [-0.39, 0.29) is 13.1 Å². The molecule has 1 saturated heterocycles. The van der Waals surface area contributed by atoms with Crippen LogP contribution in [-0.2, 0) is 6.18 Å². The van der Waals surface area contributed by atoms with E-state index in [4.69, 9.17) is 0 Å². The third-order valence-corrected chi connectivity index (χ3v) is 2.50. The van der Waals surface area contributed by atoms with Gasteiger partial charge in [0.2, 0.25) is 5.76 Å². The molecule has 1 aliphatic rings. The van der Waals surface area contributed by atoms with E-state index in [2.05, 4.69) is 20.0 Å². The SMILES string of the molecule is O=C(N[C@@H]1CNC[C@@H]1F)c1ncoc1C(F)(F)F. The van der Waals surface area contributed by atoms with E-state index in [9.17, 15) is 22.4 Å². The number of halogens is 4. The van der Waals surface area contributed by atoms with Crippen LogP contribution in [0.4, 0.5) is 17.6 Å². The summed E-state index contributed by atoms with van der Waals surface area (Å²) in [6.45, 7) is 0.210. The van der Waals surface area contributed by atoms with Gasteiger partial charge in [0.1, 0.15) is 6.17 Å². The summed E-state index contributed by atoms with van der Waals surface area (Å²) in [6.07, 6.45) is -5.63. The van der Waals surface area contributed by atoms with Crippen molar-refractivity contribution in [2.24, 2.45) is 0 Å². The number of aromatic nitrogens is 1. The summed E-state index contributed by atoms with van der Waals surface area (Å²) in [5.74, 6) is -2.59. The molecule has 5 nitrogen and oxygen atoms in total. The molecule has 1 aliphatic heterocycles. The van der Waals surface area contributed by atoms with Gasteiger partial charge >= 0.3 is 6.18 Å². The molecule has 2 N–H and O–H groups in total. The van der Waals surface area contributed by atoms with E-state index >= 15 is 0 Å². The summed E-state index contributed by atoms with van der Waals surface area (Å²) in [5, 5.41) is 4.81. The number of carbonyl (C=O) groups is 1. The van der Waals surface area contributed by atoms with Gasteiger partial charge in [0.15, 0.2) is 12.1 Å². The minimum atomic E-state index is -4.81. The Hall–Kier alpha value is -1.64. The van der Waals surface area contributed by atoms with Crippen molar-refractivity contribution in [1.29, 1.82) is 0 Å². The molecule has 0 aliphatic carbocycles. The summed E-state index contributed by atoms with van der Waals surface area (Å²) < 4.78 is 54.6. The molecule has 100 valence electrons. The van der Waals surface area contributed by atoms with Crippen LogP contribution in [0.1, 0.15) is 16.2 Å². The molecule has 0 unspecified atom stereocenters. The van der Waals surface area contributed by atoms with E-state index in [1.165, 1.54) is 0 Å². The molecule has 2 heterocycles. The maximum Gasteiger partial charge on any atom is 0.452 e. The van der Waals surface area contributed by atoms with Gasteiger partial charge in [-0.25, -0.2) is 9.37 Å². The maximum atomic E-state index is 13.2. The van der Waals surface area contributed by atoms with Crippen LogP contribution in [0.3, 0.4) is 0 Å². The second-order valence-electron chi connectivity index (χ2n) is 3.78. The van der Waals surface area contributed by atoms with Crippen LogP contribution >= 0.6 is 0 Å². The first kappa shape index (κ1) is 12.8. The second kappa shape index (κ2) is 4.56. The number of carbonyl (C=O) groups excluding carboxylic acids is 1. The highest BCUT2D eigenvalue weighted by Crippen LogP contribution is 2.31. The first-order valence-electron chi connectivity index (χ1n) is 5.06. The summed E-state index contributed by atoms with van der Waals surface area (Å²) in [4.78, 5) is 14.8. The Morgan fingerprint density at radius 2 is 2.22 bits per heavy atom. The van der Waals surface area contributed by atoms with Crippen LogP contribution in [0.15, 0.2) is 10.8 Å². The molecule has 0 bridgehead atoms. The van der Waals surface area contributed by atoms with E-state index in [0.29, 0.717) is 6.39 Å². The fourth-order valence-electron chi connectivity index (χ4n) is 1.63. The summed E-state index contributed by atoms with van der Waals surface area (Å²) >= 11 is 0. The molecule has 18 heavy (non-hydrogen) atoms. The van der Waals surface area contributed by atoms with Crippen LogP contribution in [0, 0.1) is 0 Å². The van der Waals surface area contributed by atoms with Gasteiger partial charge in [-0.3, -0.25) is 4.79 Å². The van der Waals surface area contributed by atoms with Gasteiger partial charge < -0.3 is 15.1 Å². The first-order valence-corrected chi connectivity index (χ1v) is 5.06. The molecular formula is C9H9F4N3O2. The number of hydrogen-bond donors (Lipinski definition) is 2. The maximum absolute atomic E-state index is 13.2. The van der Waals surface area contributed by atoms with Crippen molar-refractivity contribution in [2.75, 3.05) is 13.1 Å². The number of nitrogens with zero attached hydrogens (tertiary/aromatic N) is 1. The number of amides is 1. The van der Waals surface area contributed by atoms with E-state index in [0.717, 1.165) is 0 Å². The highest BCUT2D eigenvalue weighted by Gasteiger charge is 2.41. The van der Waals surface area contributed by atoms with Gasteiger partial charge in [-0.1, -0.05) is 0 Å². The minimum absolute atomic E-state index is 0.0515. The van der Waals surface area contributed by atoms with Gasteiger partial charge in [0, 0.05) is 13.1 Å². The van der Waals surface area contributed by atoms with Crippen LogP contribution < -0.4 is 10.6 Å². The first-order chi connectivity index (χ1) is 8.39. The van der Waals surface area contributed by atoms with Crippen LogP contribution in [0.2, 0.25) is 0 Å². The van der Waals surface area contributed by atoms with Crippen molar-refractivity contribution in [2.45, 2.75) is 18.4 Å². The molecule has 1 fully saturated rings. The quantitative estimate of drug-likeness (QED) is 0.775. The van der Waals surface area contributed by atoms with Crippen molar-refractivity contribution >= 4 is 5.91 Å². The van der Waals surface area contributed by atoms with Crippen LogP contribution in [-0.4, -0.2) is 36.2 Å². The monoisotopic (exact) mass is 267 g/mol. The minimum Gasteiger partial charge on any atom is -0.438 e. The summed E-state index contributed by atoms with van der Waals surface area (Å²) in [6, 6.07) is -0.865. The van der Waals surface area contributed by atoms with E-state index < -0.39 is 35.8 Å². The van der Waals surface area contributed by atoms with Crippen molar-refractivity contribution in [3.05, 3.63) is 17.8 Å². The Labute approximate surface area is 98.6 Å². The normalized spacial score (nSPS) is 24.2. The molecule has 0 aromatic carbocycles. The molecular weight excluding hydrogens is 258 g/mol. The van der Waals surface area contributed by atoms with Gasteiger partial charge in [-0.15, -0.1) is 0 Å². The smallest absolute Gasteiger partial charge is 0.438 e. The zero-order valence-electron chi connectivity index (χ0n) is 8.92. The Balaban J connectivity index is 2.12. The highest BCUT2D eigenvalue weighted by atomic mass is 19.4. The van der Waals surface area contributed by atoms with Crippen molar-refractivity contribution in [3.8, 4) is 0 Å².